The van der Waals surface area contributed by atoms with Crippen LogP contribution in [0.5, 0.6) is 0 Å². The van der Waals surface area contributed by atoms with Gasteiger partial charge in [-0.3, -0.25) is 0 Å². The zero-order valence-electron chi connectivity index (χ0n) is 11.5. The Morgan fingerprint density at radius 1 is 1.19 bits per heavy atom. The Bertz CT molecular complexity index is 734. The normalized spacial score (nSPS) is 14.7. The van der Waals surface area contributed by atoms with E-state index in [1.807, 2.05) is 36.5 Å². The molecule has 0 saturated heterocycles. The van der Waals surface area contributed by atoms with Crippen LogP contribution in [0, 0.1) is 0 Å². The minimum atomic E-state index is 0.641. The van der Waals surface area contributed by atoms with Crippen LogP contribution < -0.4 is 5.32 Å². The van der Waals surface area contributed by atoms with Crippen molar-refractivity contribution in [1.29, 1.82) is 0 Å². The smallest absolute Gasteiger partial charge is 0.263 e. The lowest BCUT2D eigenvalue weighted by Crippen LogP contribution is -2.16. The Morgan fingerprint density at radius 2 is 2.10 bits per heavy atom. The summed E-state index contributed by atoms with van der Waals surface area (Å²) < 4.78 is 5.76. The molecule has 21 heavy (non-hydrogen) atoms. The van der Waals surface area contributed by atoms with E-state index in [0.717, 1.165) is 22.7 Å². The van der Waals surface area contributed by atoms with Crippen molar-refractivity contribution < 1.29 is 4.42 Å². The highest BCUT2D eigenvalue weighted by molar-refractivity contribution is 7.99. The van der Waals surface area contributed by atoms with Crippen LogP contribution in [-0.4, -0.2) is 16.0 Å². The average Bonchev–Trinajstić information content (AvgIpc) is 3.25. The van der Waals surface area contributed by atoms with Crippen molar-refractivity contribution >= 4 is 22.9 Å². The maximum absolute atomic E-state index is 5.76. The van der Waals surface area contributed by atoms with Crippen molar-refractivity contribution in [1.82, 2.24) is 15.3 Å². The second-order valence-electron chi connectivity index (χ2n) is 5.17. The van der Waals surface area contributed by atoms with Gasteiger partial charge in [-0.2, -0.15) is 0 Å². The average molecular weight is 297 g/mol. The molecule has 1 N–H and O–H groups in total. The van der Waals surface area contributed by atoms with E-state index in [1.165, 1.54) is 30.2 Å². The van der Waals surface area contributed by atoms with E-state index in [1.54, 1.807) is 0 Å². The van der Waals surface area contributed by atoms with Gasteiger partial charge in [0.05, 0.1) is 0 Å². The molecule has 1 aliphatic carbocycles. The third-order valence-corrected chi connectivity index (χ3v) is 4.38. The Kier molecular flexibility index (Phi) is 3.37. The number of hydrogen-bond donors (Lipinski definition) is 1. The SMILES string of the molecule is c1cnc(Sc2nc3ccccc3o2)c(CNC2CC2)c1. The number of nitrogens with one attached hydrogen (secondary N) is 1. The minimum Gasteiger partial charge on any atom is -0.431 e. The predicted octanol–water partition coefficient (Wildman–Crippen LogP) is 3.63. The molecule has 0 aliphatic heterocycles. The van der Waals surface area contributed by atoms with Crippen molar-refractivity contribution in [3.8, 4) is 0 Å². The topological polar surface area (TPSA) is 51.0 Å². The molecule has 106 valence electrons. The van der Waals surface area contributed by atoms with Gasteiger partial charge in [0.2, 0.25) is 0 Å². The molecule has 0 spiro atoms. The number of para-hydroxylation sites is 2. The molecule has 4 rings (SSSR count). The van der Waals surface area contributed by atoms with Crippen LogP contribution in [0.25, 0.3) is 11.1 Å². The lowest BCUT2D eigenvalue weighted by molar-refractivity contribution is 0.489. The van der Waals surface area contributed by atoms with Crippen LogP contribution >= 0.6 is 11.8 Å². The summed E-state index contributed by atoms with van der Waals surface area (Å²) in [6.07, 6.45) is 4.38. The molecular weight excluding hydrogens is 282 g/mol. The molecular formula is C16H15N3OS. The van der Waals surface area contributed by atoms with Crippen LogP contribution in [-0.2, 0) is 6.54 Å². The van der Waals surface area contributed by atoms with Gasteiger partial charge in [-0.1, -0.05) is 18.2 Å². The third-order valence-electron chi connectivity index (χ3n) is 3.47. The molecule has 1 aromatic carbocycles. The highest BCUT2D eigenvalue weighted by Gasteiger charge is 2.21. The second kappa shape index (κ2) is 5.50. The molecule has 1 fully saturated rings. The molecule has 0 radical (unpaired) electrons. The van der Waals surface area contributed by atoms with E-state index >= 15 is 0 Å². The summed E-state index contributed by atoms with van der Waals surface area (Å²) in [7, 11) is 0. The van der Waals surface area contributed by atoms with Gasteiger partial charge in [-0.25, -0.2) is 9.97 Å². The number of benzene rings is 1. The molecule has 3 aromatic rings. The number of aromatic nitrogens is 2. The zero-order chi connectivity index (χ0) is 14.1. The van der Waals surface area contributed by atoms with E-state index in [0.29, 0.717) is 11.3 Å². The number of hydrogen-bond acceptors (Lipinski definition) is 5. The van der Waals surface area contributed by atoms with Crippen molar-refractivity contribution in [2.24, 2.45) is 0 Å². The first kappa shape index (κ1) is 12.9. The number of pyridine rings is 1. The predicted molar refractivity (Wildman–Crippen MR) is 82.2 cm³/mol. The summed E-state index contributed by atoms with van der Waals surface area (Å²) in [5.74, 6) is 0. The molecule has 0 bridgehead atoms. The maximum atomic E-state index is 5.76. The van der Waals surface area contributed by atoms with E-state index in [9.17, 15) is 0 Å². The molecule has 0 amide bonds. The Hall–Kier alpha value is -1.85. The van der Waals surface area contributed by atoms with Crippen LogP contribution in [0.2, 0.25) is 0 Å². The second-order valence-corrected chi connectivity index (χ2v) is 6.11. The monoisotopic (exact) mass is 297 g/mol. The fourth-order valence-electron chi connectivity index (χ4n) is 2.17. The van der Waals surface area contributed by atoms with Crippen molar-refractivity contribution in [2.45, 2.75) is 35.7 Å². The highest BCUT2D eigenvalue weighted by Crippen LogP contribution is 2.31. The fraction of sp³-hybridized carbons (Fsp3) is 0.250. The number of nitrogens with zero attached hydrogens (tertiary/aromatic N) is 2. The van der Waals surface area contributed by atoms with Gasteiger partial charge >= 0.3 is 0 Å². The van der Waals surface area contributed by atoms with Crippen LogP contribution in [0.3, 0.4) is 0 Å². The molecule has 5 heteroatoms. The first-order valence-electron chi connectivity index (χ1n) is 7.09. The van der Waals surface area contributed by atoms with E-state index in [-0.39, 0.29) is 0 Å². The fourth-order valence-corrected chi connectivity index (χ4v) is 3.00. The molecule has 2 aromatic heterocycles. The van der Waals surface area contributed by atoms with Gasteiger partial charge in [0.25, 0.3) is 5.22 Å². The minimum absolute atomic E-state index is 0.641. The first-order chi connectivity index (χ1) is 10.4. The molecule has 1 saturated carbocycles. The standard InChI is InChI=1S/C16H15N3OS/c1-2-6-14-13(5-1)19-16(20-14)21-15-11(4-3-9-17-15)10-18-12-7-8-12/h1-6,9,12,18H,7-8,10H2. The molecule has 0 atom stereocenters. The first-order valence-corrected chi connectivity index (χ1v) is 7.91. The van der Waals surface area contributed by atoms with Gasteiger partial charge in [0, 0.05) is 18.8 Å². The van der Waals surface area contributed by atoms with Crippen LogP contribution in [0.15, 0.2) is 57.3 Å². The zero-order valence-corrected chi connectivity index (χ0v) is 12.3. The maximum Gasteiger partial charge on any atom is 0.263 e. The van der Waals surface area contributed by atoms with Gasteiger partial charge in [0.15, 0.2) is 5.58 Å². The molecule has 1 aliphatic rings. The third kappa shape index (κ3) is 2.94. The van der Waals surface area contributed by atoms with Gasteiger partial charge in [0.1, 0.15) is 10.5 Å². The summed E-state index contributed by atoms with van der Waals surface area (Å²) in [5.41, 5.74) is 2.89. The lowest BCUT2D eigenvalue weighted by Gasteiger charge is -2.06. The molecule has 4 nitrogen and oxygen atoms in total. The number of rotatable bonds is 5. The van der Waals surface area contributed by atoms with Crippen molar-refractivity contribution in [2.75, 3.05) is 0 Å². The van der Waals surface area contributed by atoms with E-state index in [2.05, 4.69) is 21.4 Å². The lowest BCUT2D eigenvalue weighted by atomic mass is 10.3. The summed E-state index contributed by atoms with van der Waals surface area (Å²) in [6, 6.07) is 12.6. The Labute approximate surface area is 127 Å². The van der Waals surface area contributed by atoms with Crippen LogP contribution in [0.4, 0.5) is 0 Å². The van der Waals surface area contributed by atoms with Gasteiger partial charge in [-0.15, -0.1) is 0 Å². The quantitative estimate of drug-likeness (QED) is 0.779. The van der Waals surface area contributed by atoms with Crippen molar-refractivity contribution in [3.63, 3.8) is 0 Å². The van der Waals surface area contributed by atoms with Crippen LogP contribution in [0.1, 0.15) is 18.4 Å². The summed E-state index contributed by atoms with van der Waals surface area (Å²) in [6.45, 7) is 0.848. The van der Waals surface area contributed by atoms with Crippen molar-refractivity contribution in [3.05, 3.63) is 48.2 Å². The summed E-state index contributed by atoms with van der Waals surface area (Å²) >= 11 is 1.48. The number of fused-ring (bicyclic) bond motifs is 1. The number of oxazole rings is 1. The largest absolute Gasteiger partial charge is 0.431 e. The Balaban J connectivity index is 1.57. The van der Waals surface area contributed by atoms with E-state index in [4.69, 9.17) is 4.42 Å². The summed E-state index contributed by atoms with van der Waals surface area (Å²) in [5, 5.41) is 5.12. The molecule has 0 unspecified atom stereocenters. The Morgan fingerprint density at radius 3 is 2.95 bits per heavy atom. The van der Waals surface area contributed by atoms with Gasteiger partial charge < -0.3 is 9.73 Å². The molecule has 2 heterocycles. The highest BCUT2D eigenvalue weighted by atomic mass is 32.2. The summed E-state index contributed by atoms with van der Waals surface area (Å²) in [4.78, 5) is 8.96. The van der Waals surface area contributed by atoms with Gasteiger partial charge in [-0.05, 0) is 48.4 Å². The van der Waals surface area contributed by atoms with E-state index < -0.39 is 0 Å².